The minimum atomic E-state index is 0.667. The molecular weight excluding hydrogens is 278 g/mol. The van der Waals surface area contributed by atoms with E-state index in [1.807, 2.05) is 17.9 Å². The highest BCUT2D eigenvalue weighted by molar-refractivity contribution is 5.86. The molecule has 0 atom stereocenters. The van der Waals surface area contributed by atoms with Crippen LogP contribution in [0.4, 0.5) is 5.82 Å². The topological polar surface area (TPSA) is 53.3 Å². The highest BCUT2D eigenvalue weighted by atomic mass is 15.4. The zero-order valence-corrected chi connectivity index (χ0v) is 13.3. The van der Waals surface area contributed by atoms with Gasteiger partial charge in [-0.25, -0.2) is 9.97 Å². The van der Waals surface area contributed by atoms with E-state index in [0.29, 0.717) is 6.04 Å². The third-order valence-corrected chi connectivity index (χ3v) is 4.94. The molecule has 118 valence electrons. The molecule has 0 spiro atoms. The molecule has 2 saturated heterocycles. The molecule has 2 fully saturated rings. The van der Waals surface area contributed by atoms with E-state index in [1.165, 1.54) is 32.7 Å². The van der Waals surface area contributed by atoms with Gasteiger partial charge in [0.15, 0.2) is 5.65 Å². The number of nitrogens with zero attached hydrogens (tertiary/aromatic N) is 7. The quantitative estimate of drug-likeness (QED) is 0.807. The fraction of sp³-hybridized carbons (Fsp3) is 0.667. The van der Waals surface area contributed by atoms with Crippen molar-refractivity contribution in [1.82, 2.24) is 29.5 Å². The first-order valence-electron chi connectivity index (χ1n) is 8.10. The number of fused-ring (bicyclic) bond motifs is 1. The summed E-state index contributed by atoms with van der Waals surface area (Å²) >= 11 is 0. The van der Waals surface area contributed by atoms with Crippen molar-refractivity contribution in [2.45, 2.75) is 13.0 Å². The van der Waals surface area contributed by atoms with Crippen LogP contribution in [-0.2, 0) is 7.05 Å². The molecule has 7 nitrogen and oxygen atoms in total. The van der Waals surface area contributed by atoms with Crippen molar-refractivity contribution in [3.05, 3.63) is 12.5 Å². The van der Waals surface area contributed by atoms with E-state index < -0.39 is 0 Å². The molecule has 4 heterocycles. The maximum Gasteiger partial charge on any atom is 0.186 e. The van der Waals surface area contributed by atoms with Crippen molar-refractivity contribution in [3.63, 3.8) is 0 Å². The molecule has 0 aliphatic carbocycles. The molecule has 0 N–H and O–H groups in total. The average molecular weight is 301 g/mol. The van der Waals surface area contributed by atoms with Gasteiger partial charge in [-0.15, -0.1) is 0 Å². The Balaban J connectivity index is 1.42. The molecule has 0 aromatic carbocycles. The van der Waals surface area contributed by atoms with Gasteiger partial charge in [0.2, 0.25) is 0 Å². The summed E-state index contributed by atoms with van der Waals surface area (Å²) in [6.07, 6.45) is 3.63. The van der Waals surface area contributed by atoms with Crippen LogP contribution in [0, 0.1) is 0 Å². The lowest BCUT2D eigenvalue weighted by atomic mass is 10.1. The van der Waals surface area contributed by atoms with Crippen molar-refractivity contribution < 1.29 is 0 Å². The van der Waals surface area contributed by atoms with E-state index in [4.69, 9.17) is 0 Å². The van der Waals surface area contributed by atoms with Crippen LogP contribution in [0.25, 0.3) is 11.0 Å². The molecule has 2 aromatic rings. The summed E-state index contributed by atoms with van der Waals surface area (Å²) in [5.41, 5.74) is 0.785. The van der Waals surface area contributed by atoms with Crippen molar-refractivity contribution in [1.29, 1.82) is 0 Å². The van der Waals surface area contributed by atoms with Gasteiger partial charge >= 0.3 is 0 Å². The van der Waals surface area contributed by atoms with Crippen molar-refractivity contribution >= 4 is 16.9 Å². The van der Waals surface area contributed by atoms with Gasteiger partial charge in [0.25, 0.3) is 0 Å². The second kappa shape index (κ2) is 5.48. The molecule has 0 radical (unpaired) electrons. The van der Waals surface area contributed by atoms with Crippen LogP contribution in [0.2, 0.25) is 0 Å². The number of anilines is 1. The fourth-order valence-corrected chi connectivity index (χ4v) is 3.49. The molecule has 0 bridgehead atoms. The standard InChI is InChI=1S/C15H23N7/c1-3-20-4-6-21(7-5-20)12-8-22(9-12)15-13-10-19(2)18-14(13)16-11-17-15/h10-12H,3-9H2,1-2H3. The van der Waals surface area contributed by atoms with Crippen LogP contribution in [0.1, 0.15) is 6.92 Å². The Hall–Kier alpha value is -1.73. The summed E-state index contributed by atoms with van der Waals surface area (Å²) < 4.78 is 1.81. The third-order valence-electron chi connectivity index (χ3n) is 4.94. The molecule has 2 aliphatic rings. The van der Waals surface area contributed by atoms with Crippen molar-refractivity contribution in [3.8, 4) is 0 Å². The lowest BCUT2D eigenvalue weighted by Crippen LogP contribution is -2.63. The van der Waals surface area contributed by atoms with E-state index >= 15 is 0 Å². The molecule has 2 aromatic heterocycles. The van der Waals surface area contributed by atoms with E-state index in [9.17, 15) is 0 Å². The highest BCUT2D eigenvalue weighted by Crippen LogP contribution is 2.27. The van der Waals surface area contributed by atoms with Crippen LogP contribution in [-0.4, -0.2) is 81.4 Å². The predicted molar refractivity (Wildman–Crippen MR) is 86.0 cm³/mol. The van der Waals surface area contributed by atoms with Crippen molar-refractivity contribution in [2.75, 3.05) is 50.7 Å². The van der Waals surface area contributed by atoms with Crippen LogP contribution < -0.4 is 4.90 Å². The SMILES string of the molecule is CCN1CCN(C2CN(c3ncnc4nn(C)cc34)C2)CC1. The van der Waals surface area contributed by atoms with Gasteiger partial charge in [-0.05, 0) is 6.54 Å². The minimum absolute atomic E-state index is 0.667. The lowest BCUT2D eigenvalue weighted by molar-refractivity contribution is 0.0860. The molecule has 0 unspecified atom stereocenters. The Bertz CT molecular complexity index is 653. The number of aryl methyl sites for hydroxylation is 1. The van der Waals surface area contributed by atoms with Gasteiger partial charge < -0.3 is 9.80 Å². The average Bonchev–Trinajstić information content (AvgIpc) is 2.87. The lowest BCUT2D eigenvalue weighted by Gasteiger charge is -2.48. The molecule has 4 rings (SSSR count). The summed E-state index contributed by atoms with van der Waals surface area (Å²) in [4.78, 5) is 16.2. The second-order valence-electron chi connectivity index (χ2n) is 6.27. The van der Waals surface area contributed by atoms with Gasteiger partial charge in [0, 0.05) is 58.6 Å². The maximum atomic E-state index is 4.48. The van der Waals surface area contributed by atoms with Crippen LogP contribution >= 0.6 is 0 Å². The maximum absolute atomic E-state index is 4.48. The van der Waals surface area contributed by atoms with Gasteiger partial charge in [0.1, 0.15) is 12.1 Å². The Morgan fingerprint density at radius 3 is 2.64 bits per heavy atom. The molecular formula is C15H23N7. The third kappa shape index (κ3) is 2.34. The zero-order valence-electron chi connectivity index (χ0n) is 13.3. The summed E-state index contributed by atoms with van der Waals surface area (Å²) in [5.74, 6) is 1.03. The number of rotatable bonds is 3. The number of piperazine rings is 1. The summed E-state index contributed by atoms with van der Waals surface area (Å²) in [6.45, 7) is 10.3. The predicted octanol–water partition coefficient (Wildman–Crippen LogP) is 0.189. The van der Waals surface area contributed by atoms with E-state index in [2.05, 4.69) is 36.7 Å². The summed E-state index contributed by atoms with van der Waals surface area (Å²) in [6, 6.07) is 0.667. The normalized spacial score (nSPS) is 21.5. The number of hydrogen-bond donors (Lipinski definition) is 0. The first kappa shape index (κ1) is 13.9. The first-order chi connectivity index (χ1) is 10.7. The summed E-state index contributed by atoms with van der Waals surface area (Å²) in [7, 11) is 1.93. The first-order valence-corrected chi connectivity index (χ1v) is 8.10. The minimum Gasteiger partial charge on any atom is -0.353 e. The monoisotopic (exact) mass is 301 g/mol. The van der Waals surface area contributed by atoms with E-state index in [0.717, 1.165) is 29.9 Å². The molecule has 2 aliphatic heterocycles. The second-order valence-corrected chi connectivity index (χ2v) is 6.27. The van der Waals surface area contributed by atoms with Gasteiger partial charge in [-0.1, -0.05) is 6.92 Å². The van der Waals surface area contributed by atoms with Gasteiger partial charge in [0.05, 0.1) is 5.39 Å². The molecule has 0 saturated carbocycles. The van der Waals surface area contributed by atoms with E-state index in [-0.39, 0.29) is 0 Å². The van der Waals surface area contributed by atoms with Crippen LogP contribution in [0.3, 0.4) is 0 Å². The molecule has 7 heteroatoms. The molecule has 0 amide bonds. The largest absolute Gasteiger partial charge is 0.353 e. The van der Waals surface area contributed by atoms with Crippen LogP contribution in [0.15, 0.2) is 12.5 Å². The van der Waals surface area contributed by atoms with Crippen molar-refractivity contribution in [2.24, 2.45) is 7.05 Å². The van der Waals surface area contributed by atoms with E-state index in [1.54, 1.807) is 6.33 Å². The molecule has 22 heavy (non-hydrogen) atoms. The van der Waals surface area contributed by atoms with Gasteiger partial charge in [-0.3, -0.25) is 9.58 Å². The number of hydrogen-bond acceptors (Lipinski definition) is 6. The number of aromatic nitrogens is 4. The van der Waals surface area contributed by atoms with Crippen LogP contribution in [0.5, 0.6) is 0 Å². The Labute approximate surface area is 130 Å². The smallest absolute Gasteiger partial charge is 0.186 e. The summed E-state index contributed by atoms with van der Waals surface area (Å²) in [5, 5.41) is 5.42. The van der Waals surface area contributed by atoms with Gasteiger partial charge in [-0.2, -0.15) is 5.10 Å². The zero-order chi connectivity index (χ0) is 15.1. The Morgan fingerprint density at radius 2 is 1.91 bits per heavy atom. The Kier molecular flexibility index (Phi) is 3.46. The highest BCUT2D eigenvalue weighted by Gasteiger charge is 2.34. The number of likely N-dealkylation sites (N-methyl/N-ethyl adjacent to an activating group) is 1. The fourth-order valence-electron chi connectivity index (χ4n) is 3.49. The Morgan fingerprint density at radius 1 is 1.14 bits per heavy atom.